The van der Waals surface area contributed by atoms with E-state index in [1.54, 1.807) is 22.2 Å². The van der Waals surface area contributed by atoms with Crippen LogP contribution in [0.3, 0.4) is 0 Å². The Kier molecular flexibility index (Phi) is 4.41. The van der Waals surface area contributed by atoms with Crippen molar-refractivity contribution in [1.29, 1.82) is 0 Å². The lowest BCUT2D eigenvalue weighted by atomic mass is 10.1. The molecule has 0 bridgehead atoms. The summed E-state index contributed by atoms with van der Waals surface area (Å²) in [7, 11) is 0. The lowest BCUT2D eigenvalue weighted by Crippen LogP contribution is -2.39. The van der Waals surface area contributed by atoms with Crippen LogP contribution in [0.15, 0.2) is 52.9 Å². The molecule has 1 aliphatic heterocycles. The van der Waals surface area contributed by atoms with Gasteiger partial charge in [-0.25, -0.2) is 14.4 Å². The second kappa shape index (κ2) is 6.66. The number of halogens is 1. The summed E-state index contributed by atoms with van der Waals surface area (Å²) in [6.45, 7) is 2.76. The van der Waals surface area contributed by atoms with Crippen molar-refractivity contribution in [3.8, 4) is 0 Å². The molecule has 1 heterocycles. The molecule has 0 spiro atoms. The normalized spacial score (nSPS) is 16.7. The first kappa shape index (κ1) is 15.9. The molecular weight excluding hydrogens is 309 g/mol. The van der Waals surface area contributed by atoms with E-state index in [1.165, 1.54) is 12.1 Å². The van der Waals surface area contributed by atoms with Crippen molar-refractivity contribution in [3.63, 3.8) is 0 Å². The van der Waals surface area contributed by atoms with E-state index in [9.17, 15) is 9.18 Å². The van der Waals surface area contributed by atoms with E-state index in [0.29, 0.717) is 13.1 Å². The number of rotatable bonds is 5. The topological polar surface area (TPSA) is 74.3 Å². The van der Waals surface area contributed by atoms with Crippen molar-refractivity contribution in [2.45, 2.75) is 26.2 Å². The smallest absolute Gasteiger partial charge is 0.193 e. The van der Waals surface area contributed by atoms with Crippen LogP contribution < -0.4 is 5.73 Å². The summed E-state index contributed by atoms with van der Waals surface area (Å²) in [4.78, 5) is 11.5. The van der Waals surface area contributed by atoms with Crippen molar-refractivity contribution in [2.75, 3.05) is 5.73 Å². The van der Waals surface area contributed by atoms with Crippen LogP contribution in [0, 0.1) is 12.7 Å². The van der Waals surface area contributed by atoms with Crippen LogP contribution in [0.2, 0.25) is 0 Å². The number of hydrogen-bond acceptors (Lipinski definition) is 6. The van der Waals surface area contributed by atoms with Gasteiger partial charge in [-0.1, -0.05) is 34.7 Å². The molecule has 1 atom stereocenters. The number of nitrogen functional groups attached to an aromatic ring is 1. The van der Waals surface area contributed by atoms with Gasteiger partial charge in [-0.2, -0.15) is 0 Å². The maximum absolute atomic E-state index is 13.0. The Balaban J connectivity index is 1.70. The van der Waals surface area contributed by atoms with E-state index >= 15 is 0 Å². The van der Waals surface area contributed by atoms with Crippen LogP contribution in [0.4, 0.5) is 10.1 Å². The van der Waals surface area contributed by atoms with Crippen molar-refractivity contribution in [2.24, 2.45) is 10.4 Å². The third-order valence-electron chi connectivity index (χ3n) is 3.94. The first-order valence-electron chi connectivity index (χ1n) is 7.56. The maximum Gasteiger partial charge on any atom is 0.193 e. The molecule has 0 saturated heterocycles. The minimum atomic E-state index is -0.590. The molecule has 0 radical (unpaired) electrons. The molecule has 0 aliphatic carbocycles. The summed E-state index contributed by atoms with van der Waals surface area (Å²) in [6, 6.07) is 11.8. The Labute approximate surface area is 139 Å². The number of nitrogens with two attached hydrogens (primary N) is 1. The maximum atomic E-state index is 13.0. The van der Waals surface area contributed by atoms with Crippen LogP contribution >= 0.6 is 0 Å². The van der Waals surface area contributed by atoms with E-state index in [1.807, 2.05) is 25.1 Å². The highest BCUT2D eigenvalue weighted by Gasteiger charge is 2.29. The van der Waals surface area contributed by atoms with E-state index in [4.69, 9.17) is 5.73 Å². The summed E-state index contributed by atoms with van der Waals surface area (Å²) in [5, 5.41) is 11.3. The third-order valence-corrected chi connectivity index (χ3v) is 3.94. The third kappa shape index (κ3) is 3.34. The lowest BCUT2D eigenvalue weighted by Gasteiger charge is -2.23. The van der Waals surface area contributed by atoms with Gasteiger partial charge in [0.05, 0.1) is 13.1 Å². The molecule has 6 nitrogen and oxygen atoms in total. The van der Waals surface area contributed by atoms with Crippen molar-refractivity contribution in [1.82, 2.24) is 10.0 Å². The van der Waals surface area contributed by atoms with Crippen molar-refractivity contribution >= 4 is 12.0 Å². The fraction of sp³-hybridized carbons (Fsp3) is 0.235. The highest BCUT2D eigenvalue weighted by atomic mass is 19.1. The number of aldehydes is 1. The van der Waals surface area contributed by atoms with Crippen molar-refractivity contribution in [3.05, 3.63) is 65.0 Å². The fourth-order valence-corrected chi connectivity index (χ4v) is 2.55. The van der Waals surface area contributed by atoms with Gasteiger partial charge in [-0.15, -0.1) is 0 Å². The second-order valence-corrected chi connectivity index (χ2v) is 5.74. The Morgan fingerprint density at radius 1 is 1.08 bits per heavy atom. The summed E-state index contributed by atoms with van der Waals surface area (Å²) in [5.41, 5.74) is 9.38. The molecule has 7 heteroatoms. The molecule has 2 aromatic rings. The quantitative estimate of drug-likeness (QED) is 0.677. The number of aryl methyl sites for hydroxylation is 1. The van der Waals surface area contributed by atoms with Gasteiger partial charge in [0.2, 0.25) is 0 Å². The van der Waals surface area contributed by atoms with Crippen LogP contribution in [0.5, 0.6) is 0 Å². The highest BCUT2D eigenvalue weighted by Crippen LogP contribution is 2.22. The van der Waals surface area contributed by atoms with Gasteiger partial charge in [-0.05, 0) is 41.8 Å². The molecule has 0 fully saturated rings. The van der Waals surface area contributed by atoms with E-state index in [2.05, 4.69) is 10.4 Å². The lowest BCUT2D eigenvalue weighted by molar-refractivity contribution is -0.116. The van der Waals surface area contributed by atoms with Gasteiger partial charge >= 0.3 is 0 Å². The van der Waals surface area contributed by atoms with Gasteiger partial charge in [0, 0.05) is 5.69 Å². The Bertz CT molecular complexity index is 762. The van der Waals surface area contributed by atoms with Gasteiger partial charge in [-0.3, -0.25) is 4.79 Å². The summed E-state index contributed by atoms with van der Waals surface area (Å²) in [6.07, 6.45) is 0.209. The van der Waals surface area contributed by atoms with Crippen LogP contribution in [0.1, 0.15) is 16.7 Å². The first-order chi connectivity index (χ1) is 11.6. The van der Waals surface area contributed by atoms with Gasteiger partial charge in [0.15, 0.2) is 12.5 Å². The van der Waals surface area contributed by atoms with Crippen LogP contribution in [-0.4, -0.2) is 22.5 Å². The zero-order chi connectivity index (χ0) is 17.1. The molecule has 2 N–H and O–H groups in total. The molecule has 0 amide bonds. The molecular formula is C17H18FN5O. The van der Waals surface area contributed by atoms with E-state index < -0.39 is 6.17 Å². The molecule has 24 heavy (non-hydrogen) atoms. The predicted octanol–water partition coefficient (Wildman–Crippen LogP) is 2.84. The minimum Gasteiger partial charge on any atom is -0.399 e. The fourth-order valence-electron chi connectivity index (χ4n) is 2.55. The summed E-state index contributed by atoms with van der Waals surface area (Å²) in [5.74, 6) is -0.297. The zero-order valence-electron chi connectivity index (χ0n) is 13.3. The largest absolute Gasteiger partial charge is 0.399 e. The van der Waals surface area contributed by atoms with Gasteiger partial charge in [0.25, 0.3) is 0 Å². The van der Waals surface area contributed by atoms with Crippen molar-refractivity contribution < 1.29 is 9.18 Å². The van der Waals surface area contributed by atoms with Crippen LogP contribution in [-0.2, 0) is 17.9 Å². The number of carbonyl (C=O) groups excluding carboxylic acids is 1. The molecule has 0 aromatic heterocycles. The van der Waals surface area contributed by atoms with Gasteiger partial charge in [0.1, 0.15) is 5.82 Å². The Hall–Kier alpha value is -2.96. The molecule has 1 unspecified atom stereocenters. The van der Waals surface area contributed by atoms with E-state index in [-0.39, 0.29) is 5.82 Å². The molecule has 0 saturated carbocycles. The van der Waals surface area contributed by atoms with E-state index in [0.717, 1.165) is 28.7 Å². The highest BCUT2D eigenvalue weighted by molar-refractivity contribution is 5.57. The molecule has 124 valence electrons. The number of hydrogen-bond donors (Lipinski definition) is 1. The molecule has 1 aliphatic rings. The molecule has 2 aromatic carbocycles. The average molecular weight is 327 g/mol. The summed E-state index contributed by atoms with van der Waals surface area (Å²) >= 11 is 0. The standard InChI is InChI=1S/C17H18FN5O/c1-12-8-14(4-7-16(12)19)10-23-17(11-24)22(20-21-23)9-13-2-5-15(18)6-3-13/h2-8,11,17H,9-10,19H2,1H3. The monoisotopic (exact) mass is 327 g/mol. The van der Waals surface area contributed by atoms with Gasteiger partial charge < -0.3 is 5.73 Å². The van der Waals surface area contributed by atoms with Crippen LogP contribution in [0.25, 0.3) is 0 Å². The number of benzene rings is 2. The molecule has 3 rings (SSSR count). The number of carbonyl (C=O) groups is 1. The summed E-state index contributed by atoms with van der Waals surface area (Å²) < 4.78 is 13.0. The predicted molar refractivity (Wildman–Crippen MR) is 87.8 cm³/mol. The Morgan fingerprint density at radius 3 is 2.25 bits per heavy atom. The second-order valence-electron chi connectivity index (χ2n) is 5.74. The average Bonchev–Trinajstić information content (AvgIpc) is 2.94. The Morgan fingerprint density at radius 2 is 1.67 bits per heavy atom. The first-order valence-corrected chi connectivity index (χ1v) is 7.56. The minimum absolute atomic E-state index is 0.297. The zero-order valence-corrected chi connectivity index (χ0v) is 13.3. The number of nitrogens with zero attached hydrogens (tertiary/aromatic N) is 4. The number of anilines is 1. The SMILES string of the molecule is Cc1cc(CN2N=NN(Cc3ccc(F)cc3)C2C=O)ccc1N.